The molecule has 0 amide bonds. The van der Waals surface area contributed by atoms with E-state index in [1.807, 2.05) is 11.3 Å². The summed E-state index contributed by atoms with van der Waals surface area (Å²) in [5.74, 6) is 2.63. The highest BCUT2D eigenvalue weighted by atomic mass is 32.1. The molecule has 3 heterocycles. The molecule has 4 aliphatic carbocycles. The summed E-state index contributed by atoms with van der Waals surface area (Å²) >= 11 is 1.91. The van der Waals surface area contributed by atoms with E-state index in [9.17, 15) is 0 Å². The van der Waals surface area contributed by atoms with Crippen LogP contribution in [0.2, 0.25) is 0 Å². The molecule has 0 unspecified atom stereocenters. The first kappa shape index (κ1) is 31.6. The van der Waals surface area contributed by atoms with Gasteiger partial charge in [-0.15, -0.1) is 11.3 Å². The molecule has 4 fully saturated rings. The third kappa shape index (κ3) is 4.45. The maximum Gasteiger partial charge on any atom is 0.252 e. The third-order valence-electron chi connectivity index (χ3n) is 14.4. The number of para-hydroxylation sites is 3. The van der Waals surface area contributed by atoms with Crippen molar-refractivity contribution in [3.8, 4) is 11.1 Å². The topological polar surface area (TPSA) is 6.48 Å². The number of thiophene rings is 1. The van der Waals surface area contributed by atoms with Crippen molar-refractivity contribution < 1.29 is 0 Å². The van der Waals surface area contributed by atoms with Crippen molar-refractivity contribution in [2.45, 2.75) is 43.9 Å². The fourth-order valence-corrected chi connectivity index (χ4v) is 13.8. The Balaban J connectivity index is 1.04. The molecular formula is C52H41BN2S. The zero-order chi connectivity index (χ0) is 36.5. The van der Waals surface area contributed by atoms with Crippen molar-refractivity contribution in [1.29, 1.82) is 0 Å². The summed E-state index contributed by atoms with van der Waals surface area (Å²) in [4.78, 5) is 5.21. The quantitative estimate of drug-likeness (QED) is 0.166. The third-order valence-corrected chi connectivity index (χ3v) is 15.6. The Bertz CT molecular complexity index is 2840. The average Bonchev–Trinajstić information content (AvgIpc) is 3.62. The van der Waals surface area contributed by atoms with E-state index in [1.165, 1.54) is 120 Å². The Morgan fingerprint density at radius 1 is 0.500 bits per heavy atom. The van der Waals surface area contributed by atoms with Crippen LogP contribution in [0.25, 0.3) is 31.3 Å². The fourth-order valence-electron chi connectivity index (χ4n) is 12.6. The Labute approximate surface area is 333 Å². The lowest BCUT2D eigenvalue weighted by Crippen LogP contribution is -2.61. The van der Waals surface area contributed by atoms with Crippen molar-refractivity contribution in [3.63, 3.8) is 0 Å². The van der Waals surface area contributed by atoms with E-state index in [0.717, 1.165) is 17.8 Å². The molecule has 268 valence electrons. The largest absolute Gasteiger partial charge is 0.311 e. The maximum absolute atomic E-state index is 2.68. The minimum atomic E-state index is 0.152. The molecular weight excluding hydrogens is 695 g/mol. The standard InChI is InChI=1S/C52H41BN2S/c1-2-11-38(12-3-1)54-45-18-7-5-16-43(45)53-44-17-6-8-19-46(44)55(48-29-37(28-47(54)50(48)53)52-30-33-25-34(31-52)27-35(26-33)32-52)39-23-21-36(22-24-39)40-14-10-15-42-41-13-4-9-20-49(41)56-51(40)42/h1-24,28-29,33-35H,25-27,30-32H2. The van der Waals surface area contributed by atoms with Gasteiger partial charge in [-0.2, -0.15) is 0 Å². The molecule has 56 heavy (non-hydrogen) atoms. The minimum Gasteiger partial charge on any atom is -0.311 e. The average molecular weight is 737 g/mol. The van der Waals surface area contributed by atoms with E-state index in [1.54, 1.807) is 5.56 Å². The summed E-state index contributed by atoms with van der Waals surface area (Å²) in [6, 6.07) is 60.0. The molecule has 0 spiro atoms. The van der Waals surface area contributed by atoms with Gasteiger partial charge >= 0.3 is 0 Å². The van der Waals surface area contributed by atoms with Crippen LogP contribution < -0.4 is 26.2 Å². The van der Waals surface area contributed by atoms with Crippen molar-refractivity contribution in [3.05, 3.63) is 163 Å². The van der Waals surface area contributed by atoms with E-state index in [-0.39, 0.29) is 12.1 Å². The predicted octanol–water partition coefficient (Wildman–Crippen LogP) is 12.3. The van der Waals surface area contributed by atoms with Crippen LogP contribution in [0.3, 0.4) is 0 Å². The number of hydrogen-bond acceptors (Lipinski definition) is 3. The Morgan fingerprint density at radius 3 is 1.71 bits per heavy atom. The van der Waals surface area contributed by atoms with Crippen LogP contribution in [0.4, 0.5) is 34.1 Å². The predicted molar refractivity (Wildman–Crippen MR) is 239 cm³/mol. The van der Waals surface area contributed by atoms with Crippen molar-refractivity contribution in [2.24, 2.45) is 17.8 Å². The van der Waals surface area contributed by atoms with Gasteiger partial charge in [0, 0.05) is 54.3 Å². The molecule has 6 aliphatic rings. The summed E-state index contributed by atoms with van der Waals surface area (Å²) in [5.41, 5.74) is 16.3. The molecule has 8 aromatic rings. The summed E-state index contributed by atoms with van der Waals surface area (Å²) < 4.78 is 2.71. The first-order valence-corrected chi connectivity index (χ1v) is 21.5. The van der Waals surface area contributed by atoms with Gasteiger partial charge in [-0.3, -0.25) is 0 Å². The lowest BCUT2D eigenvalue weighted by molar-refractivity contribution is -0.00514. The van der Waals surface area contributed by atoms with E-state index in [2.05, 4.69) is 168 Å². The minimum absolute atomic E-state index is 0.152. The van der Waals surface area contributed by atoms with Crippen molar-refractivity contribution in [2.75, 3.05) is 9.80 Å². The number of hydrogen-bond donors (Lipinski definition) is 0. The molecule has 1 aromatic heterocycles. The van der Waals surface area contributed by atoms with Crippen LogP contribution in [0.1, 0.15) is 44.1 Å². The smallest absolute Gasteiger partial charge is 0.252 e. The van der Waals surface area contributed by atoms with Crippen LogP contribution in [0, 0.1) is 17.8 Å². The lowest BCUT2D eigenvalue weighted by atomic mass is 9.33. The molecule has 14 rings (SSSR count). The van der Waals surface area contributed by atoms with E-state index >= 15 is 0 Å². The van der Waals surface area contributed by atoms with Crippen LogP contribution in [-0.2, 0) is 5.41 Å². The molecule has 2 nitrogen and oxygen atoms in total. The normalized spacial score (nSPS) is 22.7. The van der Waals surface area contributed by atoms with E-state index in [0.29, 0.717) is 0 Å². The Morgan fingerprint density at radius 2 is 1.05 bits per heavy atom. The number of rotatable bonds is 4. The molecule has 7 aromatic carbocycles. The van der Waals surface area contributed by atoms with E-state index in [4.69, 9.17) is 0 Å². The van der Waals surface area contributed by atoms with Crippen molar-refractivity contribution >= 4 is 88.7 Å². The number of nitrogens with zero attached hydrogens (tertiary/aromatic N) is 2. The van der Waals surface area contributed by atoms with Crippen LogP contribution in [0.5, 0.6) is 0 Å². The summed E-state index contributed by atoms with van der Waals surface area (Å²) in [6.45, 7) is 0.152. The monoisotopic (exact) mass is 736 g/mol. The van der Waals surface area contributed by atoms with Gasteiger partial charge in [0.05, 0.1) is 0 Å². The van der Waals surface area contributed by atoms with Gasteiger partial charge in [-0.1, -0.05) is 103 Å². The van der Waals surface area contributed by atoms with Crippen LogP contribution in [-0.4, -0.2) is 6.71 Å². The summed E-state index contributed by atoms with van der Waals surface area (Å²) in [6.07, 6.45) is 8.38. The Hall–Kier alpha value is -5.58. The second kappa shape index (κ2) is 11.7. The lowest BCUT2D eigenvalue weighted by Gasteiger charge is -2.57. The molecule has 0 saturated heterocycles. The molecule has 0 radical (unpaired) electrons. The summed E-state index contributed by atoms with van der Waals surface area (Å²) in [5, 5.41) is 2.69. The summed E-state index contributed by atoms with van der Waals surface area (Å²) in [7, 11) is 0. The first-order chi connectivity index (χ1) is 27.7. The fraction of sp³-hybridized carbons (Fsp3) is 0.192. The van der Waals surface area contributed by atoms with Gasteiger partial charge < -0.3 is 9.80 Å². The van der Waals surface area contributed by atoms with Gasteiger partial charge in [0.2, 0.25) is 0 Å². The highest BCUT2D eigenvalue weighted by molar-refractivity contribution is 7.26. The molecule has 0 atom stereocenters. The second-order valence-electron chi connectivity index (χ2n) is 17.5. The zero-order valence-electron chi connectivity index (χ0n) is 31.4. The molecule has 4 bridgehead atoms. The van der Waals surface area contributed by atoms with Crippen LogP contribution in [0.15, 0.2) is 158 Å². The van der Waals surface area contributed by atoms with Crippen LogP contribution >= 0.6 is 11.3 Å². The maximum atomic E-state index is 2.68. The zero-order valence-corrected chi connectivity index (χ0v) is 32.2. The molecule has 2 aliphatic heterocycles. The highest BCUT2D eigenvalue weighted by Gasteiger charge is 2.53. The van der Waals surface area contributed by atoms with Gasteiger partial charge in [0.25, 0.3) is 6.71 Å². The van der Waals surface area contributed by atoms with E-state index < -0.39 is 0 Å². The number of anilines is 6. The van der Waals surface area contributed by atoms with Crippen molar-refractivity contribution in [1.82, 2.24) is 0 Å². The van der Waals surface area contributed by atoms with Gasteiger partial charge in [-0.25, -0.2) is 0 Å². The van der Waals surface area contributed by atoms with Gasteiger partial charge in [0.1, 0.15) is 0 Å². The molecule has 4 heteroatoms. The Kier molecular flexibility index (Phi) is 6.62. The number of benzene rings is 7. The number of fused-ring (bicyclic) bond motifs is 7. The SMILES string of the molecule is c1ccc(N2c3ccccc3B3c4ccccc4N(c4ccc(-c5cccc6c5sc5ccccc56)cc4)c4cc(C56CC7CC(CC(C7)C5)C6)cc2c43)cc1. The second-order valence-corrected chi connectivity index (χ2v) is 18.6. The highest BCUT2D eigenvalue weighted by Crippen LogP contribution is 2.62. The molecule has 0 N–H and O–H groups in total. The van der Waals surface area contributed by atoms with Gasteiger partial charge in [0.15, 0.2) is 0 Å². The van der Waals surface area contributed by atoms with Gasteiger partial charge in [-0.05, 0) is 149 Å². The first-order valence-electron chi connectivity index (χ1n) is 20.7. The molecule has 4 saturated carbocycles.